The van der Waals surface area contributed by atoms with Gasteiger partial charge in [-0.3, -0.25) is 10.1 Å². The summed E-state index contributed by atoms with van der Waals surface area (Å²) >= 11 is 17.5. The predicted octanol–water partition coefficient (Wildman–Crippen LogP) is 5.88. The maximum Gasteiger partial charge on any atom is 0.257 e. The summed E-state index contributed by atoms with van der Waals surface area (Å²) in [7, 11) is 4.44. The van der Waals surface area contributed by atoms with Gasteiger partial charge in [0.15, 0.2) is 28.1 Å². The van der Waals surface area contributed by atoms with Crippen molar-refractivity contribution in [3.8, 4) is 17.2 Å². The zero-order valence-corrected chi connectivity index (χ0v) is 21.8. The van der Waals surface area contributed by atoms with E-state index in [9.17, 15) is 4.79 Å². The van der Waals surface area contributed by atoms with Crippen molar-refractivity contribution in [3.63, 3.8) is 0 Å². The highest BCUT2D eigenvalue weighted by molar-refractivity contribution is 7.80. The van der Waals surface area contributed by atoms with E-state index in [1.165, 1.54) is 21.3 Å². The summed E-state index contributed by atoms with van der Waals surface area (Å²) in [5.74, 6) is 1.20. The Morgan fingerprint density at radius 3 is 2.28 bits per heavy atom. The van der Waals surface area contributed by atoms with Gasteiger partial charge in [-0.15, -0.1) is 0 Å². The van der Waals surface area contributed by atoms with Gasteiger partial charge in [-0.25, -0.2) is 4.98 Å². The minimum atomic E-state index is -0.432. The molecule has 0 aliphatic rings. The zero-order chi connectivity index (χ0) is 25.8. The second-order valence-corrected chi connectivity index (χ2v) is 8.79. The Hall–Kier alpha value is -3.53. The number of halogens is 2. The number of nitrogens with zero attached hydrogens (tertiary/aromatic N) is 1. The van der Waals surface area contributed by atoms with Crippen LogP contribution in [0.3, 0.4) is 0 Å². The van der Waals surface area contributed by atoms with Crippen LogP contribution in [0.5, 0.6) is 17.2 Å². The molecule has 36 heavy (non-hydrogen) atoms. The molecule has 0 saturated heterocycles. The van der Waals surface area contributed by atoms with E-state index in [1.54, 1.807) is 24.3 Å². The lowest BCUT2D eigenvalue weighted by molar-refractivity contribution is 0.0977. The number of aromatic nitrogens is 1. The van der Waals surface area contributed by atoms with Crippen molar-refractivity contribution in [2.45, 2.75) is 6.42 Å². The summed E-state index contributed by atoms with van der Waals surface area (Å²) in [6.07, 6.45) is 0.464. The maximum atomic E-state index is 12.7. The monoisotopic (exact) mass is 545 g/mol. The highest BCUT2D eigenvalue weighted by Gasteiger charge is 2.18. The standard InChI is InChI=1S/C25H21Cl2N3O5S/c1-32-19-9-14(10-20(33-2)23(19)34-3)24(31)30-25(36)28-16-6-4-13(5-7-16)8-21-29-18-12-15(26)11-17(27)22(18)35-21/h4-7,9-12H,8H2,1-3H3,(H2,28,30,31,36). The fraction of sp³-hybridized carbons (Fsp3) is 0.160. The molecule has 2 N–H and O–H groups in total. The Morgan fingerprint density at radius 1 is 1.00 bits per heavy atom. The van der Waals surface area contributed by atoms with Crippen LogP contribution in [0.2, 0.25) is 10.0 Å². The van der Waals surface area contributed by atoms with E-state index in [-0.39, 0.29) is 5.11 Å². The number of hydrogen-bond donors (Lipinski definition) is 2. The topological polar surface area (TPSA) is 94.9 Å². The number of hydrogen-bond acceptors (Lipinski definition) is 7. The van der Waals surface area contributed by atoms with E-state index in [1.807, 2.05) is 24.3 Å². The van der Waals surface area contributed by atoms with E-state index in [2.05, 4.69) is 15.6 Å². The molecule has 0 aliphatic carbocycles. The van der Waals surface area contributed by atoms with Gasteiger partial charge in [-0.05, 0) is 54.2 Å². The molecule has 1 aromatic heterocycles. The quantitative estimate of drug-likeness (QED) is 0.278. The molecule has 0 unspecified atom stereocenters. The number of benzene rings is 3. The van der Waals surface area contributed by atoms with Crippen LogP contribution in [0.25, 0.3) is 11.1 Å². The van der Waals surface area contributed by atoms with Crippen LogP contribution in [0.4, 0.5) is 5.69 Å². The normalized spacial score (nSPS) is 10.7. The minimum absolute atomic E-state index is 0.131. The van der Waals surface area contributed by atoms with Crippen LogP contribution in [-0.2, 0) is 6.42 Å². The molecular weight excluding hydrogens is 525 g/mol. The van der Waals surface area contributed by atoms with Gasteiger partial charge in [0, 0.05) is 22.7 Å². The Morgan fingerprint density at radius 2 is 1.67 bits per heavy atom. The van der Waals surface area contributed by atoms with Crippen LogP contribution in [0.1, 0.15) is 21.8 Å². The van der Waals surface area contributed by atoms with Crippen molar-refractivity contribution in [2.75, 3.05) is 26.6 Å². The summed E-state index contributed by atoms with van der Waals surface area (Å²) in [5, 5.41) is 6.68. The highest BCUT2D eigenvalue weighted by atomic mass is 35.5. The molecule has 4 rings (SSSR count). The Bertz CT molecular complexity index is 1410. The first-order valence-corrected chi connectivity index (χ1v) is 11.7. The van der Waals surface area contributed by atoms with Gasteiger partial charge >= 0.3 is 0 Å². The van der Waals surface area contributed by atoms with Crippen molar-refractivity contribution < 1.29 is 23.4 Å². The van der Waals surface area contributed by atoms with E-state index in [0.29, 0.717) is 62.0 Å². The molecule has 8 nitrogen and oxygen atoms in total. The lowest BCUT2D eigenvalue weighted by Crippen LogP contribution is -2.34. The summed E-state index contributed by atoms with van der Waals surface area (Å²) in [6, 6.07) is 13.9. The second-order valence-electron chi connectivity index (χ2n) is 7.54. The van der Waals surface area contributed by atoms with Crippen molar-refractivity contribution in [3.05, 3.63) is 75.6 Å². The Labute approximate surface area is 222 Å². The molecule has 1 heterocycles. The van der Waals surface area contributed by atoms with E-state index < -0.39 is 5.91 Å². The predicted molar refractivity (Wildman–Crippen MR) is 143 cm³/mol. The molecule has 11 heteroatoms. The minimum Gasteiger partial charge on any atom is -0.493 e. The molecule has 0 spiro atoms. The lowest BCUT2D eigenvalue weighted by atomic mass is 10.1. The van der Waals surface area contributed by atoms with Crippen LogP contribution in [-0.4, -0.2) is 37.3 Å². The lowest BCUT2D eigenvalue weighted by Gasteiger charge is -2.14. The molecule has 4 aromatic rings. The number of ether oxygens (including phenoxy) is 3. The zero-order valence-electron chi connectivity index (χ0n) is 19.5. The number of carbonyl (C=O) groups excluding carboxylic acids is 1. The van der Waals surface area contributed by atoms with E-state index in [0.717, 1.165) is 5.56 Å². The summed E-state index contributed by atoms with van der Waals surface area (Å²) in [6.45, 7) is 0. The van der Waals surface area contributed by atoms with E-state index >= 15 is 0 Å². The van der Waals surface area contributed by atoms with Crippen LogP contribution in [0.15, 0.2) is 52.9 Å². The number of fused-ring (bicyclic) bond motifs is 1. The Kier molecular flexibility index (Phi) is 7.83. The third-order valence-electron chi connectivity index (χ3n) is 5.17. The fourth-order valence-corrected chi connectivity index (χ4v) is 4.24. The maximum absolute atomic E-state index is 12.7. The van der Waals surface area contributed by atoms with Gasteiger partial charge in [-0.1, -0.05) is 35.3 Å². The molecule has 0 aliphatic heterocycles. The van der Waals surface area contributed by atoms with E-state index in [4.69, 9.17) is 54.0 Å². The molecular formula is C25H21Cl2N3O5S. The molecule has 186 valence electrons. The van der Waals surface area contributed by atoms with Gasteiger partial charge in [0.2, 0.25) is 5.75 Å². The average Bonchev–Trinajstić information content (AvgIpc) is 3.26. The van der Waals surface area contributed by atoms with Crippen molar-refractivity contribution in [1.82, 2.24) is 10.3 Å². The SMILES string of the molecule is COc1cc(C(=O)NC(=S)Nc2ccc(Cc3nc4cc(Cl)cc(Cl)c4o3)cc2)cc(OC)c1OC. The molecule has 0 saturated carbocycles. The molecule has 3 aromatic carbocycles. The van der Waals surface area contributed by atoms with Gasteiger partial charge in [-0.2, -0.15) is 0 Å². The first-order chi connectivity index (χ1) is 17.3. The molecule has 0 radical (unpaired) electrons. The second kappa shape index (κ2) is 11.0. The van der Waals surface area contributed by atoms with Gasteiger partial charge in [0.1, 0.15) is 5.52 Å². The third kappa shape index (κ3) is 5.64. The van der Waals surface area contributed by atoms with Gasteiger partial charge in [0.25, 0.3) is 5.91 Å². The van der Waals surface area contributed by atoms with Crippen molar-refractivity contribution in [1.29, 1.82) is 0 Å². The molecule has 0 fully saturated rings. The number of anilines is 1. The van der Waals surface area contributed by atoms with Crippen LogP contribution >= 0.6 is 35.4 Å². The summed E-state index contributed by atoms with van der Waals surface area (Å²) < 4.78 is 21.6. The third-order valence-corrected chi connectivity index (χ3v) is 5.88. The van der Waals surface area contributed by atoms with Gasteiger partial charge in [0.05, 0.1) is 26.4 Å². The summed E-state index contributed by atoms with van der Waals surface area (Å²) in [5.41, 5.74) is 3.06. The number of oxazole rings is 1. The van der Waals surface area contributed by atoms with Crippen LogP contribution < -0.4 is 24.8 Å². The highest BCUT2D eigenvalue weighted by Crippen LogP contribution is 2.38. The number of rotatable bonds is 7. The van der Waals surface area contributed by atoms with Crippen molar-refractivity contribution in [2.24, 2.45) is 0 Å². The first-order valence-electron chi connectivity index (χ1n) is 10.6. The van der Waals surface area contributed by atoms with Crippen LogP contribution in [0, 0.1) is 0 Å². The number of amides is 1. The Balaban J connectivity index is 1.40. The first kappa shape index (κ1) is 25.6. The van der Waals surface area contributed by atoms with Crippen molar-refractivity contribution >= 4 is 63.2 Å². The largest absolute Gasteiger partial charge is 0.493 e. The smallest absolute Gasteiger partial charge is 0.257 e. The molecule has 1 amide bonds. The molecule has 0 bridgehead atoms. The average molecular weight is 546 g/mol. The molecule has 0 atom stereocenters. The number of carbonyl (C=O) groups is 1. The summed E-state index contributed by atoms with van der Waals surface area (Å²) in [4.78, 5) is 17.2. The number of methoxy groups -OCH3 is 3. The fourth-order valence-electron chi connectivity index (χ4n) is 3.51. The number of thiocarbonyl (C=S) groups is 1. The van der Waals surface area contributed by atoms with Gasteiger partial charge < -0.3 is 23.9 Å². The number of nitrogens with one attached hydrogen (secondary N) is 2.